The Hall–Kier alpha value is -3.65. The minimum atomic E-state index is -0.249. The standard InChI is InChI=1S/C22H17BrN4O3/c1-29-17-8-9-19(23)18(14-17)22(28)24-15-4-6-16(7-5-15)30-21-11-10-20(25-26-21)27-12-2-3-13-27/h2-14H,1H3,(H,24,28). The zero-order valence-corrected chi connectivity index (χ0v) is 17.5. The van der Waals surface area contributed by atoms with Gasteiger partial charge in [0.15, 0.2) is 5.82 Å². The first-order chi connectivity index (χ1) is 14.6. The second-order valence-corrected chi connectivity index (χ2v) is 7.10. The van der Waals surface area contributed by atoms with Crippen LogP contribution in [-0.4, -0.2) is 27.8 Å². The van der Waals surface area contributed by atoms with Crippen LogP contribution >= 0.6 is 15.9 Å². The molecule has 2 aromatic carbocycles. The maximum atomic E-state index is 12.6. The number of nitrogens with one attached hydrogen (secondary N) is 1. The van der Waals surface area contributed by atoms with Crippen molar-refractivity contribution in [3.8, 4) is 23.2 Å². The van der Waals surface area contributed by atoms with Crippen molar-refractivity contribution in [3.05, 3.63) is 89.2 Å². The van der Waals surface area contributed by atoms with Gasteiger partial charge < -0.3 is 19.4 Å². The predicted octanol–water partition coefficient (Wildman–Crippen LogP) is 5.08. The van der Waals surface area contributed by atoms with E-state index in [0.29, 0.717) is 38.9 Å². The van der Waals surface area contributed by atoms with E-state index in [4.69, 9.17) is 9.47 Å². The number of hydrogen-bond donors (Lipinski definition) is 1. The van der Waals surface area contributed by atoms with E-state index in [1.807, 2.05) is 35.2 Å². The fraction of sp³-hybridized carbons (Fsp3) is 0.0455. The van der Waals surface area contributed by atoms with Crippen LogP contribution in [0.5, 0.6) is 17.4 Å². The van der Waals surface area contributed by atoms with Gasteiger partial charge in [-0.05, 0) is 76.6 Å². The number of anilines is 1. The van der Waals surface area contributed by atoms with E-state index in [2.05, 4.69) is 31.4 Å². The van der Waals surface area contributed by atoms with Crippen molar-refractivity contribution in [2.45, 2.75) is 0 Å². The third-order valence-corrected chi connectivity index (χ3v) is 4.94. The molecule has 0 aliphatic rings. The molecular weight excluding hydrogens is 448 g/mol. The van der Waals surface area contributed by atoms with Gasteiger partial charge in [0, 0.05) is 28.6 Å². The lowest BCUT2D eigenvalue weighted by molar-refractivity contribution is 0.102. The lowest BCUT2D eigenvalue weighted by Crippen LogP contribution is -2.12. The van der Waals surface area contributed by atoms with Crippen LogP contribution in [0.4, 0.5) is 5.69 Å². The minimum absolute atomic E-state index is 0.249. The van der Waals surface area contributed by atoms with Gasteiger partial charge in [0.25, 0.3) is 5.91 Å². The first kappa shape index (κ1) is 19.7. The second-order valence-electron chi connectivity index (χ2n) is 6.25. The van der Waals surface area contributed by atoms with Crippen molar-refractivity contribution in [2.75, 3.05) is 12.4 Å². The van der Waals surface area contributed by atoms with Crippen molar-refractivity contribution in [3.63, 3.8) is 0 Å². The highest BCUT2D eigenvalue weighted by molar-refractivity contribution is 9.10. The average molecular weight is 465 g/mol. The highest BCUT2D eigenvalue weighted by Crippen LogP contribution is 2.25. The summed E-state index contributed by atoms with van der Waals surface area (Å²) in [5, 5.41) is 11.1. The lowest BCUT2D eigenvalue weighted by atomic mass is 10.2. The molecule has 2 heterocycles. The SMILES string of the molecule is COc1ccc(Br)c(C(=O)Nc2ccc(Oc3ccc(-n4cccc4)nn3)cc2)c1. The Morgan fingerprint density at radius 1 is 0.967 bits per heavy atom. The Labute approximate surface area is 181 Å². The van der Waals surface area contributed by atoms with Crippen LogP contribution in [0.3, 0.4) is 0 Å². The van der Waals surface area contributed by atoms with Gasteiger partial charge in [-0.25, -0.2) is 0 Å². The molecule has 1 N–H and O–H groups in total. The van der Waals surface area contributed by atoms with Crippen LogP contribution in [0, 0.1) is 0 Å². The third kappa shape index (κ3) is 4.49. The van der Waals surface area contributed by atoms with Gasteiger partial charge in [-0.2, -0.15) is 0 Å². The molecule has 0 fully saturated rings. The number of benzene rings is 2. The van der Waals surface area contributed by atoms with E-state index in [1.54, 1.807) is 55.6 Å². The first-order valence-corrected chi connectivity index (χ1v) is 9.81. The third-order valence-electron chi connectivity index (χ3n) is 4.25. The fourth-order valence-electron chi connectivity index (χ4n) is 2.72. The van der Waals surface area contributed by atoms with Crippen LogP contribution in [0.15, 0.2) is 83.6 Å². The topological polar surface area (TPSA) is 78.3 Å². The second kappa shape index (κ2) is 8.79. The number of nitrogens with zero attached hydrogens (tertiary/aromatic N) is 3. The summed E-state index contributed by atoms with van der Waals surface area (Å²) in [6.45, 7) is 0. The number of amides is 1. The molecule has 1 amide bonds. The molecule has 150 valence electrons. The Kier molecular flexibility index (Phi) is 5.76. The monoisotopic (exact) mass is 464 g/mol. The molecule has 4 rings (SSSR count). The molecular formula is C22H17BrN4O3. The maximum Gasteiger partial charge on any atom is 0.256 e. The molecule has 2 aromatic heterocycles. The van der Waals surface area contributed by atoms with E-state index in [9.17, 15) is 4.79 Å². The summed E-state index contributed by atoms with van der Waals surface area (Å²) in [4.78, 5) is 12.6. The Morgan fingerprint density at radius 2 is 1.70 bits per heavy atom. The summed E-state index contributed by atoms with van der Waals surface area (Å²) in [7, 11) is 1.56. The number of carbonyl (C=O) groups is 1. The van der Waals surface area contributed by atoms with Crippen molar-refractivity contribution in [2.24, 2.45) is 0 Å². The van der Waals surface area contributed by atoms with Gasteiger partial charge in [0.05, 0.1) is 12.7 Å². The van der Waals surface area contributed by atoms with Crippen LogP contribution in [0.1, 0.15) is 10.4 Å². The summed E-state index contributed by atoms with van der Waals surface area (Å²) in [6, 6.07) is 19.6. The van der Waals surface area contributed by atoms with Gasteiger partial charge in [0.1, 0.15) is 11.5 Å². The van der Waals surface area contributed by atoms with E-state index in [-0.39, 0.29) is 5.91 Å². The molecule has 0 bridgehead atoms. The molecule has 0 saturated carbocycles. The molecule has 4 aromatic rings. The van der Waals surface area contributed by atoms with Crippen LogP contribution in [0.25, 0.3) is 5.82 Å². The number of halogens is 1. The van der Waals surface area contributed by atoms with E-state index < -0.39 is 0 Å². The Balaban J connectivity index is 1.41. The van der Waals surface area contributed by atoms with Crippen LogP contribution in [-0.2, 0) is 0 Å². The van der Waals surface area contributed by atoms with Gasteiger partial charge in [0.2, 0.25) is 5.88 Å². The minimum Gasteiger partial charge on any atom is -0.497 e. The van der Waals surface area contributed by atoms with Crippen molar-refractivity contribution in [1.82, 2.24) is 14.8 Å². The van der Waals surface area contributed by atoms with E-state index in [0.717, 1.165) is 0 Å². The number of rotatable bonds is 6. The number of carbonyl (C=O) groups excluding carboxylic acids is 1. The molecule has 8 heteroatoms. The number of ether oxygens (including phenoxy) is 2. The van der Waals surface area contributed by atoms with Crippen molar-refractivity contribution >= 4 is 27.5 Å². The number of hydrogen-bond acceptors (Lipinski definition) is 5. The van der Waals surface area contributed by atoms with Gasteiger partial charge in [-0.3, -0.25) is 4.79 Å². The average Bonchev–Trinajstić information content (AvgIpc) is 3.31. The molecule has 0 atom stereocenters. The molecule has 0 aliphatic heterocycles. The Bertz CT molecular complexity index is 1140. The zero-order chi connectivity index (χ0) is 20.9. The number of aromatic nitrogens is 3. The smallest absolute Gasteiger partial charge is 0.256 e. The molecule has 0 unspecified atom stereocenters. The summed E-state index contributed by atoms with van der Waals surface area (Å²) in [5.74, 6) is 2.02. The molecule has 30 heavy (non-hydrogen) atoms. The molecule has 0 aliphatic carbocycles. The quantitative estimate of drug-likeness (QED) is 0.430. The van der Waals surface area contributed by atoms with E-state index in [1.165, 1.54) is 0 Å². The van der Waals surface area contributed by atoms with Gasteiger partial charge >= 0.3 is 0 Å². The van der Waals surface area contributed by atoms with Crippen LogP contribution < -0.4 is 14.8 Å². The summed E-state index contributed by atoms with van der Waals surface area (Å²) >= 11 is 3.39. The maximum absolute atomic E-state index is 12.6. The van der Waals surface area contributed by atoms with E-state index >= 15 is 0 Å². The zero-order valence-electron chi connectivity index (χ0n) is 15.9. The molecule has 7 nitrogen and oxygen atoms in total. The molecule has 0 spiro atoms. The normalized spacial score (nSPS) is 10.5. The summed E-state index contributed by atoms with van der Waals surface area (Å²) in [6.07, 6.45) is 3.78. The van der Waals surface area contributed by atoms with Gasteiger partial charge in [-0.1, -0.05) is 0 Å². The van der Waals surface area contributed by atoms with Crippen molar-refractivity contribution < 1.29 is 14.3 Å². The summed E-state index contributed by atoms with van der Waals surface area (Å²) < 4.78 is 13.4. The largest absolute Gasteiger partial charge is 0.497 e. The predicted molar refractivity (Wildman–Crippen MR) is 117 cm³/mol. The highest BCUT2D eigenvalue weighted by Gasteiger charge is 2.12. The fourth-order valence-corrected chi connectivity index (χ4v) is 3.15. The van der Waals surface area contributed by atoms with Crippen molar-refractivity contribution in [1.29, 1.82) is 0 Å². The Morgan fingerprint density at radius 3 is 2.37 bits per heavy atom. The summed E-state index contributed by atoms with van der Waals surface area (Å²) in [5.41, 5.74) is 1.11. The molecule has 0 saturated heterocycles. The van der Waals surface area contributed by atoms with Crippen LogP contribution in [0.2, 0.25) is 0 Å². The number of methoxy groups -OCH3 is 1. The van der Waals surface area contributed by atoms with Gasteiger partial charge in [-0.15, -0.1) is 10.2 Å². The first-order valence-electron chi connectivity index (χ1n) is 9.02. The highest BCUT2D eigenvalue weighted by atomic mass is 79.9. The lowest BCUT2D eigenvalue weighted by Gasteiger charge is -2.10. The molecule has 0 radical (unpaired) electrons.